The average molecular weight is 261 g/mol. The van der Waals surface area contributed by atoms with Gasteiger partial charge in [-0.2, -0.15) is 0 Å². The molecular formula is C15H23N3O. The van der Waals surface area contributed by atoms with Gasteiger partial charge in [-0.3, -0.25) is 4.79 Å². The fourth-order valence-corrected chi connectivity index (χ4v) is 2.57. The highest BCUT2D eigenvalue weighted by molar-refractivity contribution is 5.99. The number of para-hydroxylation sites is 1. The first kappa shape index (κ1) is 13.9. The first-order chi connectivity index (χ1) is 9.20. The number of benzene rings is 1. The van der Waals surface area contributed by atoms with Gasteiger partial charge in [0.15, 0.2) is 0 Å². The first-order valence-electron chi connectivity index (χ1n) is 7.03. The SMILES string of the molecule is CCNc1ccccc1C(=O)NC1CCCN(C)C1. The van der Waals surface area contributed by atoms with Crippen LogP contribution in [0.15, 0.2) is 24.3 Å². The fourth-order valence-electron chi connectivity index (χ4n) is 2.57. The third-order valence-electron chi connectivity index (χ3n) is 3.50. The summed E-state index contributed by atoms with van der Waals surface area (Å²) < 4.78 is 0. The molecule has 1 unspecified atom stereocenters. The maximum Gasteiger partial charge on any atom is 0.253 e. The van der Waals surface area contributed by atoms with Crippen LogP contribution >= 0.6 is 0 Å². The van der Waals surface area contributed by atoms with Crippen LogP contribution < -0.4 is 10.6 Å². The summed E-state index contributed by atoms with van der Waals surface area (Å²) in [5.41, 5.74) is 1.64. The molecule has 4 nitrogen and oxygen atoms in total. The number of likely N-dealkylation sites (N-methyl/N-ethyl adjacent to an activating group) is 1. The van der Waals surface area contributed by atoms with Crippen LogP contribution in [0, 0.1) is 0 Å². The van der Waals surface area contributed by atoms with Crippen molar-refractivity contribution >= 4 is 11.6 Å². The number of piperidine rings is 1. The van der Waals surface area contributed by atoms with E-state index in [0.717, 1.165) is 43.7 Å². The summed E-state index contributed by atoms with van der Waals surface area (Å²) in [5, 5.41) is 6.38. The predicted molar refractivity (Wildman–Crippen MR) is 78.6 cm³/mol. The molecule has 1 aliphatic heterocycles. The van der Waals surface area contributed by atoms with Gasteiger partial charge in [0.25, 0.3) is 5.91 Å². The summed E-state index contributed by atoms with van der Waals surface area (Å²) in [7, 11) is 2.10. The van der Waals surface area contributed by atoms with Crippen LogP contribution in [0.4, 0.5) is 5.69 Å². The van der Waals surface area contributed by atoms with Crippen LogP contribution in [0.5, 0.6) is 0 Å². The summed E-state index contributed by atoms with van der Waals surface area (Å²) in [6, 6.07) is 7.94. The van der Waals surface area contributed by atoms with Gasteiger partial charge in [-0.1, -0.05) is 12.1 Å². The van der Waals surface area contributed by atoms with Crippen molar-refractivity contribution in [1.29, 1.82) is 0 Å². The maximum absolute atomic E-state index is 12.3. The number of rotatable bonds is 4. The normalized spacial score (nSPS) is 20.0. The molecule has 1 aromatic rings. The Kier molecular flexibility index (Phi) is 4.80. The van der Waals surface area contributed by atoms with Gasteiger partial charge < -0.3 is 15.5 Å². The molecule has 104 valence electrons. The van der Waals surface area contributed by atoms with Crippen molar-refractivity contribution in [3.05, 3.63) is 29.8 Å². The molecule has 2 rings (SSSR count). The molecule has 0 spiro atoms. The van der Waals surface area contributed by atoms with Gasteiger partial charge in [-0.25, -0.2) is 0 Å². The number of amides is 1. The second-order valence-corrected chi connectivity index (χ2v) is 5.15. The highest BCUT2D eigenvalue weighted by Gasteiger charge is 2.20. The second kappa shape index (κ2) is 6.57. The third-order valence-corrected chi connectivity index (χ3v) is 3.50. The third kappa shape index (κ3) is 3.70. The molecular weight excluding hydrogens is 238 g/mol. The number of likely N-dealkylation sites (tertiary alicyclic amines) is 1. The van der Waals surface area contributed by atoms with Crippen molar-refractivity contribution in [2.45, 2.75) is 25.8 Å². The Labute approximate surface area is 115 Å². The molecule has 0 radical (unpaired) electrons. The number of nitrogens with zero attached hydrogens (tertiary/aromatic N) is 1. The molecule has 1 heterocycles. The molecule has 4 heteroatoms. The predicted octanol–water partition coefficient (Wildman–Crippen LogP) is 1.94. The minimum absolute atomic E-state index is 0.0249. The van der Waals surface area contributed by atoms with E-state index in [1.807, 2.05) is 31.2 Å². The molecule has 1 amide bonds. The average Bonchev–Trinajstić information content (AvgIpc) is 2.39. The number of carbonyl (C=O) groups is 1. The van der Waals surface area contributed by atoms with E-state index >= 15 is 0 Å². The highest BCUT2D eigenvalue weighted by atomic mass is 16.1. The standard InChI is InChI=1S/C15H23N3O/c1-3-16-14-9-5-4-8-13(14)15(19)17-12-7-6-10-18(2)11-12/h4-5,8-9,12,16H,3,6-7,10-11H2,1-2H3,(H,17,19). The zero-order valence-corrected chi connectivity index (χ0v) is 11.8. The highest BCUT2D eigenvalue weighted by Crippen LogP contribution is 2.16. The van der Waals surface area contributed by atoms with Crippen LogP contribution in [-0.4, -0.2) is 43.5 Å². The minimum Gasteiger partial charge on any atom is -0.385 e. The van der Waals surface area contributed by atoms with E-state index in [2.05, 4.69) is 22.6 Å². The number of carbonyl (C=O) groups excluding carboxylic acids is 1. The van der Waals surface area contributed by atoms with Gasteiger partial charge in [0.05, 0.1) is 5.56 Å². The van der Waals surface area contributed by atoms with E-state index in [0.29, 0.717) is 0 Å². The lowest BCUT2D eigenvalue weighted by molar-refractivity contribution is 0.0913. The van der Waals surface area contributed by atoms with E-state index in [9.17, 15) is 4.79 Å². The van der Waals surface area contributed by atoms with Gasteiger partial charge in [-0.15, -0.1) is 0 Å². The van der Waals surface area contributed by atoms with Gasteiger partial charge in [0.1, 0.15) is 0 Å². The molecule has 0 aliphatic carbocycles. The largest absolute Gasteiger partial charge is 0.385 e. The van der Waals surface area contributed by atoms with E-state index in [1.165, 1.54) is 0 Å². The van der Waals surface area contributed by atoms with Crippen molar-refractivity contribution in [2.24, 2.45) is 0 Å². The van der Waals surface area contributed by atoms with E-state index < -0.39 is 0 Å². The molecule has 2 N–H and O–H groups in total. The number of hydrogen-bond acceptors (Lipinski definition) is 3. The molecule has 1 saturated heterocycles. The number of nitrogens with one attached hydrogen (secondary N) is 2. The van der Waals surface area contributed by atoms with E-state index in [1.54, 1.807) is 0 Å². The number of anilines is 1. The lowest BCUT2D eigenvalue weighted by Crippen LogP contribution is -2.46. The monoisotopic (exact) mass is 261 g/mol. The lowest BCUT2D eigenvalue weighted by Gasteiger charge is -2.30. The zero-order valence-electron chi connectivity index (χ0n) is 11.8. The molecule has 0 bridgehead atoms. The smallest absolute Gasteiger partial charge is 0.253 e. The summed E-state index contributed by atoms with van der Waals surface area (Å²) in [5.74, 6) is 0.0249. The Morgan fingerprint density at radius 3 is 2.95 bits per heavy atom. The fraction of sp³-hybridized carbons (Fsp3) is 0.533. The van der Waals surface area contributed by atoms with Crippen molar-refractivity contribution < 1.29 is 4.79 Å². The molecule has 1 aliphatic rings. The molecule has 0 saturated carbocycles. The molecule has 0 aromatic heterocycles. The van der Waals surface area contributed by atoms with E-state index in [-0.39, 0.29) is 11.9 Å². The Morgan fingerprint density at radius 2 is 2.21 bits per heavy atom. The van der Waals surface area contributed by atoms with Crippen molar-refractivity contribution in [2.75, 3.05) is 32.0 Å². The first-order valence-corrected chi connectivity index (χ1v) is 7.03. The zero-order chi connectivity index (χ0) is 13.7. The number of hydrogen-bond donors (Lipinski definition) is 2. The van der Waals surface area contributed by atoms with Crippen molar-refractivity contribution in [3.63, 3.8) is 0 Å². The Hall–Kier alpha value is -1.55. The maximum atomic E-state index is 12.3. The Balaban J connectivity index is 2.03. The summed E-state index contributed by atoms with van der Waals surface area (Å²) in [4.78, 5) is 14.6. The topological polar surface area (TPSA) is 44.4 Å². The van der Waals surface area contributed by atoms with E-state index in [4.69, 9.17) is 0 Å². The molecule has 1 aromatic carbocycles. The minimum atomic E-state index is 0.0249. The second-order valence-electron chi connectivity index (χ2n) is 5.15. The van der Waals surface area contributed by atoms with Crippen LogP contribution in [0.3, 0.4) is 0 Å². The van der Waals surface area contributed by atoms with Crippen LogP contribution in [0.2, 0.25) is 0 Å². The van der Waals surface area contributed by atoms with Crippen molar-refractivity contribution in [1.82, 2.24) is 10.2 Å². The van der Waals surface area contributed by atoms with Crippen LogP contribution in [0.1, 0.15) is 30.1 Å². The Morgan fingerprint density at radius 1 is 1.42 bits per heavy atom. The summed E-state index contributed by atoms with van der Waals surface area (Å²) in [6.07, 6.45) is 2.22. The van der Waals surface area contributed by atoms with Gasteiger partial charge in [0.2, 0.25) is 0 Å². The molecule has 1 fully saturated rings. The van der Waals surface area contributed by atoms with Crippen LogP contribution in [0.25, 0.3) is 0 Å². The van der Waals surface area contributed by atoms with Crippen LogP contribution in [-0.2, 0) is 0 Å². The quantitative estimate of drug-likeness (QED) is 0.870. The lowest BCUT2D eigenvalue weighted by atomic mass is 10.1. The summed E-state index contributed by atoms with van der Waals surface area (Å²) >= 11 is 0. The summed E-state index contributed by atoms with van der Waals surface area (Å²) in [6.45, 7) is 4.91. The van der Waals surface area contributed by atoms with Gasteiger partial charge >= 0.3 is 0 Å². The Bertz CT molecular complexity index is 433. The van der Waals surface area contributed by atoms with Gasteiger partial charge in [-0.05, 0) is 45.5 Å². The van der Waals surface area contributed by atoms with Crippen molar-refractivity contribution in [3.8, 4) is 0 Å². The van der Waals surface area contributed by atoms with Gasteiger partial charge in [0, 0.05) is 24.8 Å². The molecule has 1 atom stereocenters. The molecule has 19 heavy (non-hydrogen) atoms.